The van der Waals surface area contributed by atoms with Crippen molar-refractivity contribution < 1.29 is 14.0 Å². The van der Waals surface area contributed by atoms with Crippen molar-refractivity contribution in [2.24, 2.45) is 0 Å². The van der Waals surface area contributed by atoms with Gasteiger partial charge in [0, 0.05) is 39.3 Å². The molecule has 0 bridgehead atoms. The Morgan fingerprint density at radius 1 is 1.17 bits per heavy atom. The quantitative estimate of drug-likeness (QED) is 0.742. The molecule has 18 heavy (non-hydrogen) atoms. The second-order valence-electron chi connectivity index (χ2n) is 5.94. The Morgan fingerprint density at radius 2 is 1.72 bits per heavy atom. The van der Waals surface area contributed by atoms with Gasteiger partial charge in [0.2, 0.25) is 0 Å². The minimum absolute atomic E-state index is 0.0930. The zero-order valence-electron chi connectivity index (χ0n) is 12.1. The highest BCUT2D eigenvalue weighted by Crippen LogP contribution is 2.48. The first-order valence-electron chi connectivity index (χ1n) is 6.99. The standard InChI is InChI=1S/C13H26NO3P/c1-5-12(6-2)11-16-13(17-12)7-9-14(10-8-13)18(3,4)15/h5-11H2,1-4H3. The molecular formula is C13H26NO3P. The molecule has 0 aromatic carbocycles. The Morgan fingerprint density at radius 3 is 2.11 bits per heavy atom. The highest BCUT2D eigenvalue weighted by atomic mass is 31.2. The zero-order valence-corrected chi connectivity index (χ0v) is 13.0. The first kappa shape index (κ1) is 14.5. The number of hydrogen-bond acceptors (Lipinski definition) is 3. The maximum atomic E-state index is 12.1. The second kappa shape index (κ2) is 4.90. The summed E-state index contributed by atoms with van der Waals surface area (Å²) in [6.07, 6.45) is 3.66. The minimum atomic E-state index is -2.12. The lowest BCUT2D eigenvalue weighted by Gasteiger charge is -2.40. The molecule has 0 radical (unpaired) electrons. The third-order valence-electron chi connectivity index (χ3n) is 4.47. The maximum absolute atomic E-state index is 12.1. The molecule has 2 rings (SSSR count). The first-order chi connectivity index (χ1) is 8.35. The van der Waals surface area contributed by atoms with E-state index in [2.05, 4.69) is 18.5 Å². The SMILES string of the molecule is CCC1(CC)COC2(CCN(P(C)(C)=O)CC2)O1. The molecule has 0 aliphatic carbocycles. The van der Waals surface area contributed by atoms with Crippen molar-refractivity contribution in [2.45, 2.75) is 50.9 Å². The van der Waals surface area contributed by atoms with E-state index in [0.717, 1.165) is 38.8 Å². The monoisotopic (exact) mass is 275 g/mol. The summed E-state index contributed by atoms with van der Waals surface area (Å²) < 4.78 is 26.4. The summed E-state index contributed by atoms with van der Waals surface area (Å²) in [7, 11) is -2.12. The van der Waals surface area contributed by atoms with E-state index < -0.39 is 13.1 Å². The van der Waals surface area contributed by atoms with Crippen LogP contribution in [0.25, 0.3) is 0 Å². The third-order valence-corrected chi connectivity index (χ3v) is 6.23. The normalized spacial score (nSPS) is 27.8. The lowest BCUT2D eigenvalue weighted by molar-refractivity contribution is -0.207. The van der Waals surface area contributed by atoms with E-state index in [1.54, 1.807) is 0 Å². The van der Waals surface area contributed by atoms with Gasteiger partial charge in [-0.15, -0.1) is 0 Å². The van der Waals surface area contributed by atoms with Gasteiger partial charge in [-0.2, -0.15) is 0 Å². The van der Waals surface area contributed by atoms with E-state index in [1.165, 1.54) is 0 Å². The Bertz CT molecular complexity index is 340. The van der Waals surface area contributed by atoms with E-state index >= 15 is 0 Å². The van der Waals surface area contributed by atoms with Crippen molar-refractivity contribution in [2.75, 3.05) is 33.0 Å². The molecule has 4 nitrogen and oxygen atoms in total. The smallest absolute Gasteiger partial charge is 0.171 e. The van der Waals surface area contributed by atoms with Gasteiger partial charge in [0.1, 0.15) is 7.29 Å². The third kappa shape index (κ3) is 2.67. The van der Waals surface area contributed by atoms with E-state index in [9.17, 15) is 4.57 Å². The number of rotatable bonds is 3. The van der Waals surface area contributed by atoms with Crippen molar-refractivity contribution in [1.82, 2.24) is 4.67 Å². The Labute approximate surface area is 110 Å². The molecule has 2 heterocycles. The molecule has 2 saturated heterocycles. The molecular weight excluding hydrogens is 249 g/mol. The van der Waals surface area contributed by atoms with Crippen LogP contribution in [0.2, 0.25) is 0 Å². The van der Waals surface area contributed by atoms with Crippen LogP contribution in [-0.2, 0) is 14.0 Å². The number of hydrogen-bond donors (Lipinski definition) is 0. The lowest BCUT2D eigenvalue weighted by atomic mass is 9.98. The van der Waals surface area contributed by atoms with Crippen molar-refractivity contribution in [3.63, 3.8) is 0 Å². The first-order valence-corrected chi connectivity index (χ1v) is 9.55. The van der Waals surface area contributed by atoms with Gasteiger partial charge in [0.05, 0.1) is 12.2 Å². The molecule has 0 atom stereocenters. The van der Waals surface area contributed by atoms with Gasteiger partial charge >= 0.3 is 0 Å². The molecule has 1 spiro atoms. The molecule has 2 aliphatic rings. The average molecular weight is 275 g/mol. The van der Waals surface area contributed by atoms with Crippen molar-refractivity contribution >= 4 is 7.29 Å². The van der Waals surface area contributed by atoms with Crippen LogP contribution in [0.3, 0.4) is 0 Å². The number of nitrogens with zero attached hydrogens (tertiary/aromatic N) is 1. The Kier molecular flexibility index (Phi) is 3.95. The highest BCUT2D eigenvalue weighted by Gasteiger charge is 2.50. The molecule has 5 heteroatoms. The maximum Gasteiger partial charge on any atom is 0.171 e. The van der Waals surface area contributed by atoms with Gasteiger partial charge < -0.3 is 14.0 Å². The van der Waals surface area contributed by atoms with Crippen molar-refractivity contribution in [3.05, 3.63) is 0 Å². The summed E-state index contributed by atoms with van der Waals surface area (Å²) >= 11 is 0. The molecule has 2 fully saturated rings. The van der Waals surface area contributed by atoms with Crippen LogP contribution >= 0.6 is 7.29 Å². The van der Waals surface area contributed by atoms with E-state index in [-0.39, 0.29) is 5.60 Å². The van der Waals surface area contributed by atoms with Crippen molar-refractivity contribution in [1.29, 1.82) is 0 Å². The predicted octanol–water partition coefficient (Wildman–Crippen LogP) is 2.92. The summed E-state index contributed by atoms with van der Waals surface area (Å²) in [5.41, 5.74) is -0.0930. The topological polar surface area (TPSA) is 38.8 Å². The summed E-state index contributed by atoms with van der Waals surface area (Å²) in [4.78, 5) is 0. The Hall–Kier alpha value is 0.110. The molecule has 0 N–H and O–H groups in total. The number of ether oxygens (including phenoxy) is 2. The van der Waals surface area contributed by atoms with Crippen LogP contribution in [0.4, 0.5) is 0 Å². The average Bonchev–Trinajstić information content (AvgIpc) is 2.69. The van der Waals surface area contributed by atoms with E-state index in [0.29, 0.717) is 6.61 Å². The second-order valence-corrected chi connectivity index (χ2v) is 9.09. The van der Waals surface area contributed by atoms with Crippen LogP contribution in [0.1, 0.15) is 39.5 Å². The van der Waals surface area contributed by atoms with Gasteiger partial charge in [0.15, 0.2) is 5.79 Å². The highest BCUT2D eigenvalue weighted by molar-refractivity contribution is 7.59. The van der Waals surface area contributed by atoms with Gasteiger partial charge in [0.25, 0.3) is 0 Å². The molecule has 0 aromatic rings. The Balaban J connectivity index is 2.00. The van der Waals surface area contributed by atoms with Gasteiger partial charge in [-0.3, -0.25) is 4.67 Å². The van der Waals surface area contributed by atoms with Gasteiger partial charge in [-0.1, -0.05) is 13.8 Å². The van der Waals surface area contributed by atoms with Crippen molar-refractivity contribution in [3.8, 4) is 0 Å². The summed E-state index contributed by atoms with van der Waals surface area (Å²) in [6, 6.07) is 0. The number of piperidine rings is 1. The molecule has 106 valence electrons. The fourth-order valence-corrected chi connectivity index (χ4v) is 4.04. The lowest BCUT2D eigenvalue weighted by Crippen LogP contribution is -2.45. The van der Waals surface area contributed by atoms with Gasteiger partial charge in [-0.25, -0.2) is 0 Å². The molecule has 0 aromatic heterocycles. The van der Waals surface area contributed by atoms with Crippen LogP contribution in [0.5, 0.6) is 0 Å². The molecule has 0 amide bonds. The summed E-state index contributed by atoms with van der Waals surface area (Å²) in [6.45, 7) is 10.3. The van der Waals surface area contributed by atoms with Crippen LogP contribution in [-0.4, -0.2) is 49.1 Å². The predicted molar refractivity (Wildman–Crippen MR) is 73.3 cm³/mol. The summed E-state index contributed by atoms with van der Waals surface area (Å²) in [5.74, 6) is -0.405. The summed E-state index contributed by atoms with van der Waals surface area (Å²) in [5, 5.41) is 0. The fourth-order valence-electron chi connectivity index (χ4n) is 2.88. The fraction of sp³-hybridized carbons (Fsp3) is 1.00. The largest absolute Gasteiger partial charge is 0.347 e. The van der Waals surface area contributed by atoms with Crippen LogP contribution in [0, 0.1) is 0 Å². The van der Waals surface area contributed by atoms with E-state index in [4.69, 9.17) is 9.47 Å². The minimum Gasteiger partial charge on any atom is -0.347 e. The molecule has 0 saturated carbocycles. The van der Waals surface area contributed by atoms with Crippen LogP contribution < -0.4 is 0 Å². The molecule has 0 unspecified atom stereocenters. The van der Waals surface area contributed by atoms with Gasteiger partial charge in [-0.05, 0) is 12.8 Å². The van der Waals surface area contributed by atoms with E-state index in [1.807, 2.05) is 13.3 Å². The molecule has 2 aliphatic heterocycles. The zero-order chi connectivity index (χ0) is 13.4. The van der Waals surface area contributed by atoms with Crippen LogP contribution in [0.15, 0.2) is 0 Å².